The zero-order valence-electron chi connectivity index (χ0n) is 16.8. The fourth-order valence-electron chi connectivity index (χ4n) is 2.77. The first-order valence-corrected chi connectivity index (χ1v) is 10.3. The van der Waals surface area contributed by atoms with Crippen molar-refractivity contribution in [2.24, 2.45) is 0 Å². The highest BCUT2D eigenvalue weighted by Gasteiger charge is 2.31. The van der Waals surface area contributed by atoms with E-state index >= 15 is 0 Å². The SMILES string of the molecule is CC(C)N(Cc1ccccc1)C(=O)CSc1nnnn1-c1ccc(OC(F)(F)F)cc1. The first kappa shape index (κ1) is 22.6. The van der Waals surface area contributed by atoms with Gasteiger partial charge in [0.25, 0.3) is 0 Å². The van der Waals surface area contributed by atoms with E-state index in [-0.39, 0.29) is 23.5 Å². The van der Waals surface area contributed by atoms with Crippen molar-refractivity contribution in [2.75, 3.05) is 5.75 Å². The highest BCUT2D eigenvalue weighted by Crippen LogP contribution is 2.25. The van der Waals surface area contributed by atoms with Gasteiger partial charge in [-0.15, -0.1) is 18.3 Å². The van der Waals surface area contributed by atoms with E-state index in [1.807, 2.05) is 44.2 Å². The molecule has 0 aliphatic heterocycles. The monoisotopic (exact) mass is 451 g/mol. The zero-order valence-corrected chi connectivity index (χ0v) is 17.6. The number of tetrazole rings is 1. The van der Waals surface area contributed by atoms with Crippen LogP contribution in [0.5, 0.6) is 5.75 Å². The van der Waals surface area contributed by atoms with Crippen molar-refractivity contribution in [3.63, 3.8) is 0 Å². The van der Waals surface area contributed by atoms with Crippen molar-refractivity contribution in [3.05, 3.63) is 60.2 Å². The van der Waals surface area contributed by atoms with E-state index in [4.69, 9.17) is 0 Å². The number of thioether (sulfide) groups is 1. The standard InChI is InChI=1S/C20H20F3N5O2S/c1-14(2)27(12-15-6-4-3-5-7-15)18(29)13-31-19-24-25-26-28(19)16-8-10-17(11-9-16)30-20(21,22)23/h3-11,14H,12-13H2,1-2H3. The predicted molar refractivity (Wildman–Crippen MR) is 109 cm³/mol. The van der Waals surface area contributed by atoms with Gasteiger partial charge in [-0.3, -0.25) is 4.79 Å². The van der Waals surface area contributed by atoms with E-state index < -0.39 is 6.36 Å². The summed E-state index contributed by atoms with van der Waals surface area (Å²) in [6.45, 7) is 4.38. The molecule has 0 aliphatic carbocycles. The number of ether oxygens (including phenoxy) is 1. The Morgan fingerprint density at radius 1 is 1.13 bits per heavy atom. The maximum Gasteiger partial charge on any atom is 0.573 e. The van der Waals surface area contributed by atoms with E-state index in [0.29, 0.717) is 17.4 Å². The number of carbonyl (C=O) groups excluding carboxylic acids is 1. The van der Waals surface area contributed by atoms with Gasteiger partial charge in [0.1, 0.15) is 5.75 Å². The number of carbonyl (C=O) groups is 1. The van der Waals surface area contributed by atoms with E-state index in [2.05, 4.69) is 20.3 Å². The molecule has 7 nitrogen and oxygen atoms in total. The Labute approximate surface area is 181 Å². The third-order valence-electron chi connectivity index (χ3n) is 4.22. The number of rotatable bonds is 8. The molecule has 0 N–H and O–H groups in total. The largest absolute Gasteiger partial charge is 0.573 e. The molecule has 1 heterocycles. The Balaban J connectivity index is 1.66. The molecule has 1 amide bonds. The second-order valence-corrected chi connectivity index (χ2v) is 7.75. The minimum absolute atomic E-state index is 0.00507. The van der Waals surface area contributed by atoms with Gasteiger partial charge in [-0.1, -0.05) is 42.1 Å². The number of alkyl halides is 3. The Hall–Kier alpha value is -3.08. The summed E-state index contributed by atoms with van der Waals surface area (Å²) in [6.07, 6.45) is -4.76. The quantitative estimate of drug-likeness (QED) is 0.481. The smallest absolute Gasteiger partial charge is 0.406 e. The first-order valence-electron chi connectivity index (χ1n) is 9.33. The average molecular weight is 451 g/mol. The second kappa shape index (κ2) is 9.82. The molecule has 2 aromatic carbocycles. The Morgan fingerprint density at radius 3 is 2.42 bits per heavy atom. The lowest BCUT2D eigenvalue weighted by Crippen LogP contribution is -2.37. The molecule has 1 aromatic heterocycles. The normalized spacial score (nSPS) is 11.5. The molecule has 0 saturated heterocycles. The van der Waals surface area contributed by atoms with Crippen LogP contribution in [0.1, 0.15) is 19.4 Å². The third kappa shape index (κ3) is 6.45. The van der Waals surface area contributed by atoms with Crippen molar-refractivity contribution in [1.82, 2.24) is 25.1 Å². The Kier molecular flexibility index (Phi) is 7.16. The van der Waals surface area contributed by atoms with E-state index in [1.54, 1.807) is 4.90 Å². The molecule has 11 heteroatoms. The van der Waals surface area contributed by atoms with Crippen molar-refractivity contribution in [2.45, 2.75) is 38.0 Å². The van der Waals surface area contributed by atoms with Crippen LogP contribution in [-0.4, -0.2) is 49.2 Å². The molecule has 0 spiro atoms. The lowest BCUT2D eigenvalue weighted by molar-refractivity contribution is -0.274. The average Bonchev–Trinajstić information content (AvgIpc) is 3.19. The van der Waals surface area contributed by atoms with Gasteiger partial charge in [0.05, 0.1) is 11.4 Å². The molecule has 0 bridgehead atoms. The topological polar surface area (TPSA) is 73.1 Å². The fourth-order valence-corrected chi connectivity index (χ4v) is 3.54. The van der Waals surface area contributed by atoms with Crippen molar-refractivity contribution in [3.8, 4) is 11.4 Å². The molecule has 3 rings (SSSR count). The summed E-state index contributed by atoms with van der Waals surface area (Å²) >= 11 is 1.15. The molecule has 0 saturated carbocycles. The number of hydrogen-bond acceptors (Lipinski definition) is 6. The molecule has 164 valence electrons. The van der Waals surface area contributed by atoms with E-state index in [1.165, 1.54) is 28.9 Å². The van der Waals surface area contributed by atoms with Gasteiger partial charge in [-0.25, -0.2) is 0 Å². The van der Waals surface area contributed by atoms with Crippen molar-refractivity contribution >= 4 is 17.7 Å². The van der Waals surface area contributed by atoms with Crippen LogP contribution < -0.4 is 4.74 Å². The summed E-state index contributed by atoms with van der Waals surface area (Å²) in [7, 11) is 0. The molecule has 0 aliphatic rings. The van der Waals surface area contributed by atoms with E-state index in [9.17, 15) is 18.0 Å². The predicted octanol–water partition coefficient (Wildman–Crippen LogP) is 4.09. The van der Waals surface area contributed by atoms with E-state index in [0.717, 1.165) is 17.3 Å². The molecule has 0 unspecified atom stereocenters. The number of hydrogen-bond donors (Lipinski definition) is 0. The van der Waals surface area contributed by atoms with Crippen LogP contribution in [0.2, 0.25) is 0 Å². The lowest BCUT2D eigenvalue weighted by atomic mass is 10.2. The highest BCUT2D eigenvalue weighted by atomic mass is 32.2. The summed E-state index contributed by atoms with van der Waals surface area (Å²) in [5.74, 6) is -0.310. The molecule has 0 fully saturated rings. The van der Waals surface area contributed by atoms with Crippen molar-refractivity contribution < 1.29 is 22.7 Å². The van der Waals surface area contributed by atoms with Gasteiger partial charge in [-0.2, -0.15) is 4.68 Å². The van der Waals surface area contributed by atoms with Gasteiger partial charge >= 0.3 is 6.36 Å². The summed E-state index contributed by atoms with van der Waals surface area (Å²) in [5.41, 5.74) is 1.47. The van der Waals surface area contributed by atoms with Crippen LogP contribution in [0.3, 0.4) is 0 Å². The summed E-state index contributed by atoms with van der Waals surface area (Å²) < 4.78 is 42.2. The maximum atomic E-state index is 12.8. The number of amides is 1. The second-order valence-electron chi connectivity index (χ2n) is 6.80. The maximum absolute atomic E-state index is 12.8. The van der Waals surface area contributed by atoms with Crippen LogP contribution in [0.25, 0.3) is 5.69 Å². The molecule has 0 atom stereocenters. The molecule has 0 radical (unpaired) electrons. The molecular weight excluding hydrogens is 431 g/mol. The van der Waals surface area contributed by atoms with Gasteiger partial charge in [-0.05, 0) is 54.1 Å². The number of aromatic nitrogens is 4. The van der Waals surface area contributed by atoms with Gasteiger partial charge in [0, 0.05) is 12.6 Å². The zero-order chi connectivity index (χ0) is 22.4. The van der Waals surface area contributed by atoms with Crippen LogP contribution in [0, 0.1) is 0 Å². The van der Waals surface area contributed by atoms with Gasteiger partial charge in [0.15, 0.2) is 0 Å². The minimum atomic E-state index is -4.76. The number of halogens is 3. The Morgan fingerprint density at radius 2 is 1.81 bits per heavy atom. The van der Waals surface area contributed by atoms with Crippen LogP contribution in [-0.2, 0) is 11.3 Å². The van der Waals surface area contributed by atoms with Gasteiger partial charge in [0.2, 0.25) is 11.1 Å². The van der Waals surface area contributed by atoms with Crippen molar-refractivity contribution in [1.29, 1.82) is 0 Å². The van der Waals surface area contributed by atoms with Gasteiger partial charge < -0.3 is 9.64 Å². The molecular formula is C20H20F3N5O2S. The number of benzene rings is 2. The molecule has 31 heavy (non-hydrogen) atoms. The lowest BCUT2D eigenvalue weighted by Gasteiger charge is -2.26. The van der Waals surface area contributed by atoms with Crippen LogP contribution in [0.4, 0.5) is 13.2 Å². The van der Waals surface area contributed by atoms with Crippen LogP contribution >= 0.6 is 11.8 Å². The number of nitrogens with zero attached hydrogens (tertiary/aromatic N) is 5. The summed E-state index contributed by atoms with van der Waals surface area (Å²) in [4.78, 5) is 14.6. The molecule has 3 aromatic rings. The minimum Gasteiger partial charge on any atom is -0.406 e. The Bertz CT molecular complexity index is 994. The highest BCUT2D eigenvalue weighted by molar-refractivity contribution is 7.99. The summed E-state index contributed by atoms with van der Waals surface area (Å²) in [5, 5.41) is 11.7. The summed E-state index contributed by atoms with van der Waals surface area (Å²) in [6, 6.07) is 14.8. The first-order chi connectivity index (χ1) is 14.7. The van der Waals surface area contributed by atoms with Crippen LogP contribution in [0.15, 0.2) is 59.8 Å². The fraction of sp³-hybridized carbons (Fsp3) is 0.300. The third-order valence-corrected chi connectivity index (χ3v) is 5.12.